The van der Waals surface area contributed by atoms with E-state index < -0.39 is 57.1 Å². The van der Waals surface area contributed by atoms with E-state index in [0.29, 0.717) is 21.5 Å². The molecular formula is C30H36N6O7S2. The number of sulfonamides is 2. The van der Waals surface area contributed by atoms with Gasteiger partial charge in [-0.05, 0) is 24.3 Å². The van der Waals surface area contributed by atoms with Gasteiger partial charge in [-0.15, -0.1) is 0 Å². The lowest BCUT2D eigenvalue weighted by atomic mass is 10.1. The SMILES string of the molecule is CN(C)c1cccc2c(S(=O)(=O)NCC(N)C(=O)NC(CNS(=O)(=O)c3cccc4c(N(C)C)cccc34)C(=O)O)cccc12. The molecule has 0 aliphatic carbocycles. The number of nitrogens with zero attached hydrogens (tertiary/aromatic N) is 2. The summed E-state index contributed by atoms with van der Waals surface area (Å²) >= 11 is 0. The van der Waals surface area contributed by atoms with Crippen LogP contribution in [0.1, 0.15) is 0 Å². The van der Waals surface area contributed by atoms with E-state index in [1.807, 2.05) is 50.1 Å². The van der Waals surface area contributed by atoms with Crippen LogP contribution in [0.25, 0.3) is 21.5 Å². The van der Waals surface area contributed by atoms with Crippen molar-refractivity contribution in [3.63, 3.8) is 0 Å². The van der Waals surface area contributed by atoms with Crippen LogP contribution in [-0.2, 0) is 29.6 Å². The van der Waals surface area contributed by atoms with Gasteiger partial charge in [0.1, 0.15) is 6.04 Å². The number of carboxylic acid groups (broad SMARTS) is 1. The van der Waals surface area contributed by atoms with Crippen LogP contribution < -0.4 is 30.3 Å². The Morgan fingerprint density at radius 3 is 1.51 bits per heavy atom. The highest BCUT2D eigenvalue weighted by atomic mass is 32.2. The van der Waals surface area contributed by atoms with Gasteiger partial charge in [-0.1, -0.05) is 48.5 Å². The fraction of sp³-hybridized carbons (Fsp3) is 0.267. The summed E-state index contributed by atoms with van der Waals surface area (Å²) in [6.07, 6.45) is 0. The van der Waals surface area contributed by atoms with Gasteiger partial charge in [0.2, 0.25) is 26.0 Å². The summed E-state index contributed by atoms with van der Waals surface area (Å²) in [6.45, 7) is -1.23. The normalized spacial score (nSPS) is 13.4. The molecule has 4 rings (SSSR count). The van der Waals surface area contributed by atoms with E-state index in [2.05, 4.69) is 14.8 Å². The Hall–Kier alpha value is -4.28. The lowest BCUT2D eigenvalue weighted by Crippen LogP contribution is -2.55. The molecule has 45 heavy (non-hydrogen) atoms. The van der Waals surface area contributed by atoms with E-state index >= 15 is 0 Å². The predicted molar refractivity (Wildman–Crippen MR) is 174 cm³/mol. The van der Waals surface area contributed by atoms with Crippen LogP contribution in [0, 0.1) is 0 Å². The maximum absolute atomic E-state index is 13.2. The molecule has 13 nitrogen and oxygen atoms in total. The van der Waals surface area contributed by atoms with Crippen LogP contribution >= 0.6 is 0 Å². The van der Waals surface area contributed by atoms with Gasteiger partial charge in [0, 0.05) is 74.2 Å². The second-order valence-electron chi connectivity index (χ2n) is 10.8. The number of anilines is 2. The molecule has 0 aliphatic rings. The third kappa shape index (κ3) is 7.34. The number of benzene rings is 4. The number of aliphatic carboxylic acids is 1. The summed E-state index contributed by atoms with van der Waals surface area (Å²) in [7, 11) is -1.01. The topological polar surface area (TPSA) is 191 Å². The second kappa shape index (κ2) is 13.4. The molecule has 0 heterocycles. The number of fused-ring (bicyclic) bond motifs is 2. The van der Waals surface area contributed by atoms with Crippen LogP contribution in [0.4, 0.5) is 11.4 Å². The maximum atomic E-state index is 13.2. The lowest BCUT2D eigenvalue weighted by molar-refractivity contribution is -0.141. The Bertz CT molecular complexity index is 1960. The molecule has 0 spiro atoms. The molecule has 0 radical (unpaired) electrons. The standard InChI is InChI=1S/C30H36N6O7S2/c1-35(2)25-13-5-11-21-19(25)9-7-15-27(21)44(40,41)32-17-23(31)29(37)34-24(30(38)39)18-33-45(42,43)28-16-8-10-20-22(28)12-6-14-26(20)36(3)4/h5-16,23-24,32-33H,17-18,31H2,1-4H3,(H,34,37)(H,38,39). The molecule has 4 aromatic carbocycles. The fourth-order valence-corrected chi connectivity index (χ4v) is 7.44. The number of carbonyl (C=O) groups excluding carboxylic acids is 1. The molecular weight excluding hydrogens is 620 g/mol. The first-order valence-electron chi connectivity index (χ1n) is 13.8. The Morgan fingerprint density at radius 1 is 0.689 bits per heavy atom. The largest absolute Gasteiger partial charge is 0.480 e. The van der Waals surface area contributed by atoms with Crippen molar-refractivity contribution in [2.45, 2.75) is 21.9 Å². The third-order valence-corrected chi connectivity index (χ3v) is 10.1. The lowest BCUT2D eigenvalue weighted by Gasteiger charge is -2.20. The summed E-state index contributed by atoms with van der Waals surface area (Å²) in [4.78, 5) is 28.4. The van der Waals surface area contributed by atoms with E-state index in [0.717, 1.165) is 11.4 Å². The summed E-state index contributed by atoms with van der Waals surface area (Å²) in [6, 6.07) is 16.9. The smallest absolute Gasteiger partial charge is 0.327 e. The van der Waals surface area contributed by atoms with Gasteiger partial charge in [0.25, 0.3) is 0 Å². The minimum absolute atomic E-state index is 0.0136. The van der Waals surface area contributed by atoms with Crippen molar-refractivity contribution < 1.29 is 31.5 Å². The van der Waals surface area contributed by atoms with Crippen molar-refractivity contribution in [2.75, 3.05) is 51.1 Å². The first kappa shape index (κ1) is 33.6. The highest BCUT2D eigenvalue weighted by Gasteiger charge is 2.28. The van der Waals surface area contributed by atoms with Crippen LogP contribution in [0.2, 0.25) is 0 Å². The minimum atomic E-state index is -4.21. The van der Waals surface area contributed by atoms with Gasteiger partial charge in [-0.3, -0.25) is 4.79 Å². The molecule has 0 fully saturated rings. The first-order chi connectivity index (χ1) is 21.1. The summed E-state index contributed by atoms with van der Waals surface area (Å²) in [5.74, 6) is -2.50. The third-order valence-electron chi connectivity index (χ3n) is 7.18. The Labute approximate surface area is 262 Å². The zero-order valence-electron chi connectivity index (χ0n) is 25.2. The number of nitrogens with two attached hydrogens (primary N) is 1. The molecule has 4 aromatic rings. The number of carbonyl (C=O) groups is 2. The molecule has 0 saturated carbocycles. The quantitative estimate of drug-likeness (QED) is 0.140. The average molecular weight is 657 g/mol. The van der Waals surface area contributed by atoms with Gasteiger partial charge in [-0.2, -0.15) is 0 Å². The Balaban J connectivity index is 1.44. The number of rotatable bonds is 13. The number of hydrogen-bond acceptors (Lipinski definition) is 9. The van der Waals surface area contributed by atoms with Crippen molar-refractivity contribution in [3.8, 4) is 0 Å². The van der Waals surface area contributed by atoms with Gasteiger partial charge in [0.15, 0.2) is 0 Å². The molecule has 6 N–H and O–H groups in total. The van der Waals surface area contributed by atoms with Crippen molar-refractivity contribution in [1.82, 2.24) is 14.8 Å². The highest BCUT2D eigenvalue weighted by Crippen LogP contribution is 2.31. The number of hydrogen-bond donors (Lipinski definition) is 5. The van der Waals surface area contributed by atoms with E-state index in [4.69, 9.17) is 5.73 Å². The van der Waals surface area contributed by atoms with Crippen LogP contribution in [0.15, 0.2) is 82.6 Å². The highest BCUT2D eigenvalue weighted by molar-refractivity contribution is 7.90. The molecule has 240 valence electrons. The Kier molecular flexibility index (Phi) is 9.99. The molecule has 0 bridgehead atoms. The molecule has 2 atom stereocenters. The fourth-order valence-electron chi connectivity index (χ4n) is 4.90. The predicted octanol–water partition coefficient (Wildman–Crippen LogP) is 1.28. The average Bonchev–Trinajstić information content (AvgIpc) is 3.00. The van der Waals surface area contributed by atoms with Crippen molar-refractivity contribution in [1.29, 1.82) is 0 Å². The summed E-state index contributed by atoms with van der Waals surface area (Å²) in [5.41, 5.74) is 7.53. The zero-order chi connectivity index (χ0) is 33.1. The van der Waals surface area contributed by atoms with E-state index in [1.165, 1.54) is 12.1 Å². The van der Waals surface area contributed by atoms with E-state index in [9.17, 15) is 31.5 Å². The van der Waals surface area contributed by atoms with Crippen LogP contribution in [-0.4, -0.2) is 87.2 Å². The molecule has 15 heteroatoms. The maximum Gasteiger partial charge on any atom is 0.327 e. The number of carboxylic acids is 1. The molecule has 2 unspecified atom stereocenters. The van der Waals surface area contributed by atoms with Crippen molar-refractivity contribution >= 4 is 64.8 Å². The molecule has 0 saturated heterocycles. The van der Waals surface area contributed by atoms with Gasteiger partial charge >= 0.3 is 5.97 Å². The Morgan fingerprint density at radius 2 is 1.09 bits per heavy atom. The van der Waals surface area contributed by atoms with Gasteiger partial charge in [-0.25, -0.2) is 31.1 Å². The molecule has 0 aromatic heterocycles. The first-order valence-corrected chi connectivity index (χ1v) is 16.8. The van der Waals surface area contributed by atoms with Crippen LogP contribution in [0.5, 0.6) is 0 Å². The van der Waals surface area contributed by atoms with Gasteiger partial charge < -0.3 is 26.0 Å². The zero-order valence-corrected chi connectivity index (χ0v) is 26.8. The number of amides is 1. The number of nitrogens with one attached hydrogen (secondary N) is 3. The van der Waals surface area contributed by atoms with E-state index in [1.54, 1.807) is 48.5 Å². The summed E-state index contributed by atoms with van der Waals surface area (Å²) < 4.78 is 57.4. The summed E-state index contributed by atoms with van der Waals surface area (Å²) in [5, 5.41) is 14.2. The second-order valence-corrected chi connectivity index (χ2v) is 14.2. The molecule has 1 amide bonds. The minimum Gasteiger partial charge on any atom is -0.480 e. The van der Waals surface area contributed by atoms with Gasteiger partial charge in [0.05, 0.1) is 15.8 Å². The van der Waals surface area contributed by atoms with E-state index in [-0.39, 0.29) is 9.79 Å². The monoisotopic (exact) mass is 656 g/mol. The van der Waals surface area contributed by atoms with Crippen molar-refractivity contribution in [3.05, 3.63) is 72.8 Å². The molecule has 0 aliphatic heterocycles. The van der Waals surface area contributed by atoms with Crippen molar-refractivity contribution in [2.24, 2.45) is 5.73 Å². The van der Waals surface area contributed by atoms with Crippen LogP contribution in [0.3, 0.4) is 0 Å².